The monoisotopic (exact) mass is 391 g/mol. The molecule has 0 aromatic rings. The number of carbonyl (C=O) groups is 3. The number of carbonyl (C=O) groups excluding carboxylic acids is 3. The molecule has 1 saturated carbocycles. The van der Waals surface area contributed by atoms with Crippen LogP contribution in [0.4, 0.5) is 0 Å². The fourth-order valence-electron chi connectivity index (χ4n) is 4.83. The van der Waals surface area contributed by atoms with Crippen molar-refractivity contribution in [2.45, 2.75) is 44.8 Å². The van der Waals surface area contributed by atoms with Crippen molar-refractivity contribution < 1.29 is 19.1 Å². The van der Waals surface area contributed by atoms with Crippen LogP contribution in [-0.2, 0) is 19.1 Å². The molecule has 3 amide bonds. The Hall–Kier alpha value is -2.18. The Morgan fingerprint density at radius 1 is 1.50 bits per heavy atom. The standard InChI is InChI=1S/C19H29N5O4/c1-19(2)12-8-24(18(27)13(21)9-28-3)15(14(12)19)17(26)23-11(7-20)6-10-4-5-22-16(10)25/h10-15H,4-6,8-9,21H2,1-3H3,(H,22,25)(H,23,26)/t10-,11-,12-,13-,14-,15-/m0/s1. The van der Waals surface area contributed by atoms with Crippen molar-refractivity contribution in [3.8, 4) is 6.07 Å². The van der Waals surface area contributed by atoms with Gasteiger partial charge in [-0.3, -0.25) is 14.4 Å². The van der Waals surface area contributed by atoms with Crippen LogP contribution in [0.1, 0.15) is 26.7 Å². The van der Waals surface area contributed by atoms with Gasteiger partial charge in [0.05, 0.1) is 12.7 Å². The highest BCUT2D eigenvalue weighted by Crippen LogP contribution is 2.64. The summed E-state index contributed by atoms with van der Waals surface area (Å²) in [6.07, 6.45) is 0.930. The summed E-state index contributed by atoms with van der Waals surface area (Å²) >= 11 is 0. The Kier molecular flexibility index (Phi) is 5.64. The van der Waals surface area contributed by atoms with Gasteiger partial charge in [0.2, 0.25) is 17.7 Å². The van der Waals surface area contributed by atoms with E-state index in [0.29, 0.717) is 19.5 Å². The molecular formula is C19H29N5O4. The van der Waals surface area contributed by atoms with Crippen molar-refractivity contribution >= 4 is 17.7 Å². The molecule has 2 aliphatic heterocycles. The van der Waals surface area contributed by atoms with E-state index in [1.807, 2.05) is 0 Å². The van der Waals surface area contributed by atoms with Crippen LogP contribution in [-0.4, -0.2) is 67.6 Å². The molecular weight excluding hydrogens is 362 g/mol. The van der Waals surface area contributed by atoms with Gasteiger partial charge in [-0.2, -0.15) is 5.26 Å². The number of nitriles is 1. The van der Waals surface area contributed by atoms with E-state index in [4.69, 9.17) is 10.5 Å². The lowest BCUT2D eigenvalue weighted by atomic mass is 9.97. The highest BCUT2D eigenvalue weighted by atomic mass is 16.5. The maximum atomic E-state index is 13.1. The minimum atomic E-state index is -0.824. The van der Waals surface area contributed by atoms with E-state index in [0.717, 1.165) is 0 Å². The van der Waals surface area contributed by atoms with E-state index in [1.165, 1.54) is 12.0 Å². The van der Waals surface area contributed by atoms with Crippen LogP contribution < -0.4 is 16.4 Å². The third kappa shape index (κ3) is 3.59. The summed E-state index contributed by atoms with van der Waals surface area (Å²) in [7, 11) is 1.47. The number of piperidine rings is 1. The van der Waals surface area contributed by atoms with E-state index in [9.17, 15) is 19.6 Å². The zero-order valence-electron chi connectivity index (χ0n) is 16.6. The topological polar surface area (TPSA) is 138 Å². The lowest BCUT2D eigenvalue weighted by Gasteiger charge is -2.32. The smallest absolute Gasteiger partial charge is 0.244 e. The predicted octanol–water partition coefficient (Wildman–Crippen LogP) is -1.02. The van der Waals surface area contributed by atoms with Crippen LogP contribution in [0.2, 0.25) is 0 Å². The quantitative estimate of drug-likeness (QED) is 0.508. The number of fused-ring (bicyclic) bond motifs is 1. The number of hydrogen-bond acceptors (Lipinski definition) is 6. The average Bonchev–Trinajstić information content (AvgIpc) is 3.03. The van der Waals surface area contributed by atoms with E-state index in [2.05, 4.69) is 30.6 Å². The highest BCUT2D eigenvalue weighted by molar-refractivity contribution is 5.92. The van der Waals surface area contributed by atoms with Crippen molar-refractivity contribution in [1.82, 2.24) is 15.5 Å². The number of rotatable bonds is 7. The molecule has 0 aromatic heterocycles. The molecule has 2 heterocycles. The van der Waals surface area contributed by atoms with Gasteiger partial charge in [0, 0.05) is 26.1 Å². The summed E-state index contributed by atoms with van der Waals surface area (Å²) in [6, 6.07) is -0.165. The number of likely N-dealkylation sites (tertiary alicyclic amines) is 1. The van der Waals surface area contributed by atoms with Crippen LogP contribution in [0, 0.1) is 34.5 Å². The van der Waals surface area contributed by atoms with Crippen LogP contribution in [0.3, 0.4) is 0 Å². The number of nitrogens with two attached hydrogens (primary N) is 1. The predicted molar refractivity (Wildman–Crippen MR) is 99.4 cm³/mol. The Morgan fingerprint density at radius 3 is 2.79 bits per heavy atom. The van der Waals surface area contributed by atoms with E-state index in [-0.39, 0.29) is 53.9 Å². The van der Waals surface area contributed by atoms with Gasteiger partial charge in [0.1, 0.15) is 18.1 Å². The number of nitrogens with zero attached hydrogens (tertiary/aromatic N) is 2. The molecule has 0 aromatic carbocycles. The molecule has 154 valence electrons. The van der Waals surface area contributed by atoms with Crippen molar-refractivity contribution in [1.29, 1.82) is 5.26 Å². The SMILES string of the molecule is COC[C@H](N)C(=O)N1C[C@H]2[C@@H]([C@H]1C(=O)N[C@H](C#N)C[C@@H]1CCNC1=O)C2(C)C. The molecule has 2 saturated heterocycles. The minimum Gasteiger partial charge on any atom is -0.383 e. The Balaban J connectivity index is 1.70. The molecule has 0 bridgehead atoms. The summed E-state index contributed by atoms with van der Waals surface area (Å²) in [6.45, 7) is 5.33. The van der Waals surface area contributed by atoms with Gasteiger partial charge in [0.15, 0.2) is 0 Å². The lowest BCUT2D eigenvalue weighted by molar-refractivity contribution is -0.142. The van der Waals surface area contributed by atoms with E-state index < -0.39 is 18.1 Å². The van der Waals surface area contributed by atoms with E-state index >= 15 is 0 Å². The first-order valence-corrected chi connectivity index (χ1v) is 9.75. The summed E-state index contributed by atoms with van der Waals surface area (Å²) in [5, 5.41) is 15.0. The molecule has 1 aliphatic carbocycles. The zero-order valence-corrected chi connectivity index (χ0v) is 16.6. The van der Waals surface area contributed by atoms with Gasteiger partial charge in [-0.15, -0.1) is 0 Å². The molecule has 9 heteroatoms. The van der Waals surface area contributed by atoms with Gasteiger partial charge >= 0.3 is 0 Å². The first kappa shape index (κ1) is 20.6. The Morgan fingerprint density at radius 2 is 2.21 bits per heavy atom. The minimum absolute atomic E-state index is 0.0301. The zero-order chi connectivity index (χ0) is 20.6. The van der Waals surface area contributed by atoms with Gasteiger partial charge in [0.25, 0.3) is 0 Å². The van der Waals surface area contributed by atoms with Gasteiger partial charge in [-0.1, -0.05) is 13.8 Å². The van der Waals surface area contributed by atoms with Crippen LogP contribution in [0.15, 0.2) is 0 Å². The number of methoxy groups -OCH3 is 1. The second-order valence-electron chi connectivity index (χ2n) is 8.65. The average molecular weight is 391 g/mol. The third-order valence-electron chi connectivity index (χ3n) is 6.58. The van der Waals surface area contributed by atoms with Crippen molar-refractivity contribution in [2.24, 2.45) is 28.9 Å². The molecule has 0 spiro atoms. The number of hydrogen-bond donors (Lipinski definition) is 3. The highest BCUT2D eigenvalue weighted by Gasteiger charge is 2.69. The van der Waals surface area contributed by atoms with Crippen molar-refractivity contribution in [2.75, 3.05) is 26.8 Å². The first-order valence-electron chi connectivity index (χ1n) is 9.75. The van der Waals surface area contributed by atoms with Gasteiger partial charge < -0.3 is 26.0 Å². The Bertz CT molecular complexity index is 703. The normalized spacial score (nSPS) is 32.1. The Labute approximate surface area is 164 Å². The summed E-state index contributed by atoms with van der Waals surface area (Å²) in [5.41, 5.74) is 5.87. The van der Waals surface area contributed by atoms with Crippen LogP contribution >= 0.6 is 0 Å². The maximum Gasteiger partial charge on any atom is 0.244 e. The molecule has 4 N–H and O–H groups in total. The van der Waals surface area contributed by atoms with Crippen LogP contribution in [0.5, 0.6) is 0 Å². The number of amides is 3. The van der Waals surface area contributed by atoms with Crippen molar-refractivity contribution in [3.05, 3.63) is 0 Å². The number of nitrogens with one attached hydrogen (secondary N) is 2. The van der Waals surface area contributed by atoms with Gasteiger partial charge in [-0.05, 0) is 30.1 Å². The molecule has 9 nitrogen and oxygen atoms in total. The maximum absolute atomic E-state index is 13.1. The molecule has 0 unspecified atom stereocenters. The molecule has 3 fully saturated rings. The molecule has 3 aliphatic rings. The van der Waals surface area contributed by atoms with Crippen LogP contribution in [0.25, 0.3) is 0 Å². The largest absolute Gasteiger partial charge is 0.383 e. The molecule has 28 heavy (non-hydrogen) atoms. The second kappa shape index (κ2) is 7.68. The van der Waals surface area contributed by atoms with Crippen molar-refractivity contribution in [3.63, 3.8) is 0 Å². The van der Waals surface area contributed by atoms with E-state index in [1.54, 1.807) is 0 Å². The third-order valence-corrected chi connectivity index (χ3v) is 6.58. The fourth-order valence-corrected chi connectivity index (χ4v) is 4.83. The summed E-state index contributed by atoms with van der Waals surface area (Å²) in [5.74, 6) is -0.731. The number of ether oxygens (including phenoxy) is 1. The summed E-state index contributed by atoms with van der Waals surface area (Å²) in [4.78, 5) is 39.1. The van der Waals surface area contributed by atoms with Gasteiger partial charge in [-0.25, -0.2) is 0 Å². The fraction of sp³-hybridized carbons (Fsp3) is 0.789. The molecule has 0 radical (unpaired) electrons. The second-order valence-corrected chi connectivity index (χ2v) is 8.65. The molecule has 6 atom stereocenters. The first-order chi connectivity index (χ1) is 13.2. The molecule has 3 rings (SSSR count). The lowest BCUT2D eigenvalue weighted by Crippen LogP contribution is -2.56. The summed E-state index contributed by atoms with van der Waals surface area (Å²) < 4.78 is 4.97.